The molecule has 0 spiro atoms. The van der Waals surface area contributed by atoms with E-state index in [-0.39, 0.29) is 6.10 Å². The minimum absolute atomic E-state index is 0.276. The third-order valence-corrected chi connectivity index (χ3v) is 5.15. The number of benzene rings is 1. The topological polar surface area (TPSA) is 38.8 Å². The van der Waals surface area contributed by atoms with Crippen LogP contribution in [0.15, 0.2) is 30.3 Å². The zero-order valence-corrected chi connectivity index (χ0v) is 14.5. The summed E-state index contributed by atoms with van der Waals surface area (Å²) >= 11 is 0. The summed E-state index contributed by atoms with van der Waals surface area (Å²) in [6, 6.07) is 10.2. The highest BCUT2D eigenvalue weighted by atomic mass is 16.5. The van der Waals surface area contributed by atoms with Gasteiger partial charge in [-0.3, -0.25) is 4.79 Å². The molecule has 2 aliphatic rings. The van der Waals surface area contributed by atoms with E-state index in [1.54, 1.807) is 0 Å². The number of likely N-dealkylation sites (tertiary alicyclic amines) is 1. The second-order valence-electron chi connectivity index (χ2n) is 6.92. The Bertz CT molecular complexity index is 491. The number of carbonyl (C=O) groups excluding carboxylic acids is 1. The Labute approximate surface area is 145 Å². The van der Waals surface area contributed by atoms with Gasteiger partial charge in [0.2, 0.25) is 5.91 Å². The Balaban J connectivity index is 1.26. The Morgan fingerprint density at radius 2 is 1.71 bits per heavy atom. The molecule has 0 aromatic heterocycles. The molecule has 1 amide bonds. The van der Waals surface area contributed by atoms with E-state index >= 15 is 0 Å². The van der Waals surface area contributed by atoms with Crippen LogP contribution in [0.5, 0.6) is 0 Å². The van der Waals surface area contributed by atoms with Gasteiger partial charge in [-0.1, -0.05) is 43.2 Å². The van der Waals surface area contributed by atoms with E-state index in [4.69, 9.17) is 9.47 Å². The van der Waals surface area contributed by atoms with Crippen molar-refractivity contribution in [1.82, 2.24) is 4.90 Å². The maximum absolute atomic E-state index is 12.4. The molecular formula is C20H29NO3. The fraction of sp³-hybridized carbons (Fsp3) is 0.650. The number of nitrogens with zero attached hydrogens (tertiary/aromatic N) is 1. The first kappa shape index (κ1) is 17.4. The summed E-state index contributed by atoms with van der Waals surface area (Å²) in [6.07, 6.45) is 6.81. The van der Waals surface area contributed by atoms with Crippen LogP contribution < -0.4 is 0 Å². The maximum atomic E-state index is 12.4. The van der Waals surface area contributed by atoms with Gasteiger partial charge >= 0.3 is 0 Å². The molecule has 1 aromatic carbocycles. The van der Waals surface area contributed by atoms with Crippen LogP contribution in [-0.4, -0.2) is 43.2 Å². The molecule has 0 unspecified atom stereocenters. The molecule has 1 aliphatic carbocycles. The van der Waals surface area contributed by atoms with Gasteiger partial charge in [-0.2, -0.15) is 0 Å². The summed E-state index contributed by atoms with van der Waals surface area (Å²) in [5, 5.41) is 0. The average Bonchev–Trinajstić information content (AvgIpc) is 3.17. The summed E-state index contributed by atoms with van der Waals surface area (Å²) in [6.45, 7) is 3.60. The van der Waals surface area contributed by atoms with Crippen molar-refractivity contribution in [2.45, 2.75) is 51.2 Å². The maximum Gasteiger partial charge on any atom is 0.225 e. The first-order chi connectivity index (χ1) is 11.8. The number of hydrogen-bond acceptors (Lipinski definition) is 3. The van der Waals surface area contributed by atoms with E-state index in [2.05, 4.69) is 17.0 Å². The van der Waals surface area contributed by atoms with Crippen molar-refractivity contribution in [2.75, 3.05) is 26.3 Å². The molecular weight excluding hydrogens is 302 g/mol. The van der Waals surface area contributed by atoms with Crippen LogP contribution in [0.4, 0.5) is 0 Å². The summed E-state index contributed by atoms with van der Waals surface area (Å²) in [4.78, 5) is 14.5. The molecule has 1 saturated carbocycles. The minimum atomic E-state index is 0.276. The van der Waals surface area contributed by atoms with Gasteiger partial charge in [-0.25, -0.2) is 0 Å². The lowest BCUT2D eigenvalue weighted by atomic mass is 10.0. The van der Waals surface area contributed by atoms with E-state index in [0.29, 0.717) is 31.6 Å². The molecule has 1 aliphatic heterocycles. The molecule has 2 fully saturated rings. The molecule has 1 aromatic rings. The van der Waals surface area contributed by atoms with Crippen LogP contribution in [-0.2, 0) is 20.9 Å². The van der Waals surface area contributed by atoms with Crippen LogP contribution in [0, 0.1) is 5.92 Å². The predicted molar refractivity (Wildman–Crippen MR) is 93.6 cm³/mol. The molecule has 0 radical (unpaired) electrons. The zero-order chi connectivity index (χ0) is 16.6. The fourth-order valence-corrected chi connectivity index (χ4v) is 3.71. The quantitative estimate of drug-likeness (QED) is 0.719. The molecule has 0 atom stereocenters. The first-order valence-electron chi connectivity index (χ1n) is 9.35. The van der Waals surface area contributed by atoms with E-state index in [0.717, 1.165) is 38.8 Å². The van der Waals surface area contributed by atoms with E-state index < -0.39 is 0 Å². The Hall–Kier alpha value is -1.39. The highest BCUT2D eigenvalue weighted by Crippen LogP contribution is 2.27. The van der Waals surface area contributed by atoms with Crippen molar-refractivity contribution >= 4 is 5.91 Å². The largest absolute Gasteiger partial charge is 0.376 e. The van der Waals surface area contributed by atoms with Gasteiger partial charge in [0, 0.05) is 19.0 Å². The lowest BCUT2D eigenvalue weighted by molar-refractivity contribution is -0.138. The number of carbonyl (C=O) groups is 1. The van der Waals surface area contributed by atoms with Crippen molar-refractivity contribution in [3.63, 3.8) is 0 Å². The molecule has 1 saturated heterocycles. The zero-order valence-electron chi connectivity index (χ0n) is 14.5. The first-order valence-corrected chi connectivity index (χ1v) is 9.35. The van der Waals surface area contributed by atoms with Crippen LogP contribution in [0.2, 0.25) is 0 Å². The third kappa shape index (κ3) is 5.05. The average molecular weight is 331 g/mol. The molecule has 24 heavy (non-hydrogen) atoms. The minimum Gasteiger partial charge on any atom is -0.376 e. The molecule has 4 nitrogen and oxygen atoms in total. The number of hydrogen-bond donors (Lipinski definition) is 0. The van der Waals surface area contributed by atoms with Gasteiger partial charge in [0.05, 0.1) is 25.9 Å². The van der Waals surface area contributed by atoms with Crippen molar-refractivity contribution in [3.05, 3.63) is 35.9 Å². The summed E-state index contributed by atoms with van der Waals surface area (Å²) < 4.78 is 11.6. The van der Waals surface area contributed by atoms with Crippen molar-refractivity contribution in [2.24, 2.45) is 5.92 Å². The lowest BCUT2D eigenvalue weighted by Gasteiger charge is -2.33. The molecule has 0 bridgehead atoms. The van der Waals surface area contributed by atoms with Gasteiger partial charge in [0.15, 0.2) is 0 Å². The second-order valence-corrected chi connectivity index (χ2v) is 6.92. The van der Waals surface area contributed by atoms with E-state index in [1.807, 2.05) is 18.2 Å². The van der Waals surface area contributed by atoms with Crippen LogP contribution >= 0.6 is 0 Å². The number of piperidine rings is 1. The lowest BCUT2D eigenvalue weighted by Crippen LogP contribution is -2.43. The Kier molecular flexibility index (Phi) is 6.67. The number of amides is 1. The highest BCUT2D eigenvalue weighted by molar-refractivity contribution is 5.79. The second kappa shape index (κ2) is 9.19. The van der Waals surface area contributed by atoms with Crippen molar-refractivity contribution < 1.29 is 14.3 Å². The molecule has 4 heteroatoms. The molecule has 1 heterocycles. The van der Waals surface area contributed by atoms with Gasteiger partial charge in [-0.05, 0) is 31.2 Å². The third-order valence-electron chi connectivity index (χ3n) is 5.15. The van der Waals surface area contributed by atoms with Crippen LogP contribution in [0.25, 0.3) is 0 Å². The summed E-state index contributed by atoms with van der Waals surface area (Å²) in [5.74, 6) is 0.686. The number of rotatable bonds is 7. The molecule has 132 valence electrons. The van der Waals surface area contributed by atoms with Gasteiger partial charge in [0.25, 0.3) is 0 Å². The van der Waals surface area contributed by atoms with E-state index in [1.165, 1.54) is 18.4 Å². The van der Waals surface area contributed by atoms with Gasteiger partial charge in [0.1, 0.15) is 0 Å². The van der Waals surface area contributed by atoms with Gasteiger partial charge < -0.3 is 14.4 Å². The van der Waals surface area contributed by atoms with Crippen molar-refractivity contribution in [1.29, 1.82) is 0 Å². The molecule has 3 rings (SSSR count). The Morgan fingerprint density at radius 1 is 1.00 bits per heavy atom. The van der Waals surface area contributed by atoms with Crippen molar-refractivity contribution in [3.8, 4) is 0 Å². The number of ether oxygens (including phenoxy) is 2. The standard InChI is InChI=1S/C20H29NO3/c22-20(18-8-4-5-9-18)21-12-10-19(11-13-21)24-15-14-23-16-17-6-2-1-3-7-17/h1-3,6-7,18-19H,4-5,8-16H2. The predicted octanol–water partition coefficient (Wildman–Crippen LogP) is 3.40. The van der Waals surface area contributed by atoms with Crippen LogP contribution in [0.3, 0.4) is 0 Å². The monoisotopic (exact) mass is 331 g/mol. The highest BCUT2D eigenvalue weighted by Gasteiger charge is 2.30. The smallest absolute Gasteiger partial charge is 0.225 e. The fourth-order valence-electron chi connectivity index (χ4n) is 3.71. The summed E-state index contributed by atoms with van der Waals surface area (Å²) in [7, 11) is 0. The van der Waals surface area contributed by atoms with E-state index in [9.17, 15) is 4.79 Å². The Morgan fingerprint density at radius 3 is 2.42 bits per heavy atom. The molecule has 0 N–H and O–H groups in total. The summed E-state index contributed by atoms with van der Waals surface area (Å²) in [5.41, 5.74) is 1.19. The SMILES string of the molecule is O=C(C1CCCC1)N1CCC(OCCOCc2ccccc2)CC1. The van der Waals surface area contributed by atoms with Gasteiger partial charge in [-0.15, -0.1) is 0 Å². The normalized spacial score (nSPS) is 19.8. The van der Waals surface area contributed by atoms with Crippen LogP contribution in [0.1, 0.15) is 44.1 Å².